The van der Waals surface area contributed by atoms with E-state index in [1.807, 2.05) is 36.6 Å². The predicted octanol–water partition coefficient (Wildman–Crippen LogP) is 3.60. The third-order valence-corrected chi connectivity index (χ3v) is 3.83. The summed E-state index contributed by atoms with van der Waals surface area (Å²) in [5.74, 6) is 6.66. The van der Waals surface area contributed by atoms with Crippen molar-refractivity contribution < 1.29 is 4.74 Å². The maximum absolute atomic E-state index is 5.97. The van der Waals surface area contributed by atoms with Gasteiger partial charge in [-0.1, -0.05) is 23.4 Å². The van der Waals surface area contributed by atoms with Crippen LogP contribution in [0, 0.1) is 18.8 Å². The molecule has 0 spiro atoms. The van der Waals surface area contributed by atoms with Crippen LogP contribution in [0.15, 0.2) is 29.6 Å². The van der Waals surface area contributed by atoms with E-state index in [9.17, 15) is 0 Å². The molecule has 0 saturated carbocycles. The molecule has 2 nitrogen and oxygen atoms in total. The Bertz CT molecular complexity index is 625. The fourth-order valence-electron chi connectivity index (χ4n) is 1.54. The van der Waals surface area contributed by atoms with Gasteiger partial charge in [-0.2, -0.15) is 0 Å². The first-order valence-corrected chi connectivity index (χ1v) is 7.10. The van der Waals surface area contributed by atoms with E-state index < -0.39 is 0 Å². The molecule has 4 heteroatoms. The zero-order chi connectivity index (χ0) is 13.7. The van der Waals surface area contributed by atoms with Crippen molar-refractivity contribution in [3.63, 3.8) is 0 Å². The number of benzene rings is 1. The van der Waals surface area contributed by atoms with E-state index in [1.165, 1.54) is 0 Å². The normalized spacial score (nSPS) is 9.84. The zero-order valence-corrected chi connectivity index (χ0v) is 12.1. The Morgan fingerprint density at radius 1 is 1.37 bits per heavy atom. The molecular weight excluding hydrogens is 278 g/mol. The molecule has 0 saturated heterocycles. The topological polar surface area (TPSA) is 35.2 Å². The Hall–Kier alpha value is -1.47. The Morgan fingerprint density at radius 3 is 2.95 bits per heavy atom. The van der Waals surface area contributed by atoms with Crippen molar-refractivity contribution in [3.05, 3.63) is 50.7 Å². The standard InChI is InChI=1S/C15H14ClNOS/c1-11-7-13(4-5-15(11)16)18-9-14-8-12(10-19-14)3-2-6-17/h4-5,7-8,10H,6,9,17H2,1H3. The van der Waals surface area contributed by atoms with Crippen LogP contribution >= 0.6 is 22.9 Å². The van der Waals surface area contributed by atoms with Crippen molar-refractivity contribution in [1.82, 2.24) is 0 Å². The van der Waals surface area contributed by atoms with Crippen LogP contribution in [0.2, 0.25) is 5.02 Å². The van der Waals surface area contributed by atoms with Crippen LogP contribution in [0.1, 0.15) is 16.0 Å². The summed E-state index contributed by atoms with van der Waals surface area (Å²) in [6.07, 6.45) is 0. The average molecular weight is 292 g/mol. The van der Waals surface area contributed by atoms with Gasteiger partial charge in [0.1, 0.15) is 12.4 Å². The lowest BCUT2D eigenvalue weighted by atomic mass is 10.2. The lowest BCUT2D eigenvalue weighted by molar-refractivity contribution is 0.309. The molecule has 2 N–H and O–H groups in total. The third-order valence-electron chi connectivity index (χ3n) is 2.50. The number of nitrogens with two attached hydrogens (primary N) is 1. The average Bonchev–Trinajstić information content (AvgIpc) is 2.86. The van der Waals surface area contributed by atoms with Crippen molar-refractivity contribution in [2.75, 3.05) is 6.54 Å². The highest BCUT2D eigenvalue weighted by Crippen LogP contribution is 2.23. The third kappa shape index (κ3) is 4.00. The van der Waals surface area contributed by atoms with Crippen LogP contribution in [0.4, 0.5) is 0 Å². The molecule has 0 atom stereocenters. The summed E-state index contributed by atoms with van der Waals surface area (Å²) in [5, 5.41) is 2.76. The maximum atomic E-state index is 5.97. The molecule has 1 aromatic heterocycles. The molecule has 0 aliphatic heterocycles. The first-order valence-electron chi connectivity index (χ1n) is 5.84. The van der Waals surface area contributed by atoms with E-state index in [2.05, 4.69) is 11.8 Å². The van der Waals surface area contributed by atoms with Crippen molar-refractivity contribution in [1.29, 1.82) is 0 Å². The lowest BCUT2D eigenvalue weighted by Gasteiger charge is -2.06. The fourth-order valence-corrected chi connectivity index (χ4v) is 2.38. The number of thiophene rings is 1. The molecule has 19 heavy (non-hydrogen) atoms. The van der Waals surface area contributed by atoms with Gasteiger partial charge in [0.05, 0.1) is 6.54 Å². The summed E-state index contributed by atoms with van der Waals surface area (Å²) >= 11 is 7.60. The zero-order valence-electron chi connectivity index (χ0n) is 10.6. The minimum Gasteiger partial charge on any atom is -0.488 e. The minimum atomic E-state index is 0.381. The molecule has 2 aromatic rings. The van der Waals surface area contributed by atoms with E-state index >= 15 is 0 Å². The Labute approximate surface area is 122 Å². The van der Waals surface area contributed by atoms with Crippen LogP contribution in [0.25, 0.3) is 0 Å². The number of ether oxygens (including phenoxy) is 1. The van der Waals surface area contributed by atoms with E-state index in [4.69, 9.17) is 22.1 Å². The van der Waals surface area contributed by atoms with Gasteiger partial charge in [0.25, 0.3) is 0 Å². The van der Waals surface area contributed by atoms with Gasteiger partial charge in [-0.3, -0.25) is 0 Å². The van der Waals surface area contributed by atoms with Gasteiger partial charge in [-0.15, -0.1) is 11.3 Å². The molecule has 0 bridgehead atoms. The fraction of sp³-hybridized carbons (Fsp3) is 0.200. The number of aryl methyl sites for hydroxylation is 1. The minimum absolute atomic E-state index is 0.381. The van der Waals surface area contributed by atoms with Gasteiger partial charge < -0.3 is 10.5 Å². The molecule has 98 valence electrons. The Kier molecular flexibility index (Phi) is 4.86. The van der Waals surface area contributed by atoms with Crippen molar-refractivity contribution in [2.24, 2.45) is 5.73 Å². The smallest absolute Gasteiger partial charge is 0.122 e. The lowest BCUT2D eigenvalue weighted by Crippen LogP contribution is -1.93. The highest BCUT2D eigenvalue weighted by atomic mass is 35.5. The van der Waals surface area contributed by atoms with Gasteiger partial charge in [0, 0.05) is 20.8 Å². The summed E-state index contributed by atoms with van der Waals surface area (Å²) in [5.41, 5.74) is 7.34. The van der Waals surface area contributed by atoms with Crippen molar-refractivity contribution >= 4 is 22.9 Å². The SMILES string of the molecule is Cc1cc(OCc2cc(C#CCN)cs2)ccc1Cl. The van der Waals surface area contributed by atoms with Crippen LogP contribution < -0.4 is 10.5 Å². The van der Waals surface area contributed by atoms with Gasteiger partial charge in [0.15, 0.2) is 0 Å². The second-order valence-corrected chi connectivity index (χ2v) is 5.41. The molecule has 0 unspecified atom stereocenters. The monoisotopic (exact) mass is 291 g/mol. The summed E-state index contributed by atoms with van der Waals surface area (Å²) in [4.78, 5) is 1.13. The molecule has 2 rings (SSSR count). The quantitative estimate of drug-likeness (QED) is 0.877. The molecular formula is C15H14ClNOS. The van der Waals surface area contributed by atoms with Gasteiger partial charge in [-0.25, -0.2) is 0 Å². The summed E-state index contributed by atoms with van der Waals surface area (Å²) in [6, 6.07) is 7.68. The maximum Gasteiger partial charge on any atom is 0.122 e. The summed E-state index contributed by atoms with van der Waals surface area (Å²) in [6.45, 7) is 2.88. The molecule has 0 aliphatic carbocycles. The van der Waals surface area contributed by atoms with Crippen molar-refractivity contribution in [3.8, 4) is 17.6 Å². The largest absolute Gasteiger partial charge is 0.488 e. The van der Waals surface area contributed by atoms with E-state index in [0.29, 0.717) is 13.2 Å². The van der Waals surface area contributed by atoms with Crippen LogP contribution in [0.5, 0.6) is 5.75 Å². The molecule has 0 amide bonds. The van der Waals surface area contributed by atoms with Gasteiger partial charge >= 0.3 is 0 Å². The molecule has 0 radical (unpaired) electrons. The second kappa shape index (κ2) is 6.63. The van der Waals surface area contributed by atoms with Crippen LogP contribution in [-0.2, 0) is 6.61 Å². The first kappa shape index (κ1) is 14.0. The molecule has 1 aromatic carbocycles. The van der Waals surface area contributed by atoms with Crippen LogP contribution in [-0.4, -0.2) is 6.54 Å². The van der Waals surface area contributed by atoms with Gasteiger partial charge in [-0.05, 0) is 36.8 Å². The number of halogens is 1. The highest BCUT2D eigenvalue weighted by Gasteiger charge is 2.01. The second-order valence-electron chi connectivity index (χ2n) is 4.01. The van der Waals surface area contributed by atoms with E-state index in [-0.39, 0.29) is 0 Å². The Morgan fingerprint density at radius 2 is 2.21 bits per heavy atom. The van der Waals surface area contributed by atoms with Crippen LogP contribution in [0.3, 0.4) is 0 Å². The number of rotatable bonds is 3. The highest BCUT2D eigenvalue weighted by molar-refractivity contribution is 7.10. The first-order chi connectivity index (χ1) is 9.19. The number of hydrogen-bond acceptors (Lipinski definition) is 3. The Balaban J connectivity index is 1.98. The van der Waals surface area contributed by atoms with Gasteiger partial charge in [0.2, 0.25) is 0 Å². The summed E-state index contributed by atoms with van der Waals surface area (Å²) in [7, 11) is 0. The van der Waals surface area contributed by atoms with Crippen molar-refractivity contribution in [2.45, 2.75) is 13.5 Å². The van der Waals surface area contributed by atoms with E-state index in [1.54, 1.807) is 11.3 Å². The molecule has 0 aliphatic rings. The number of hydrogen-bond donors (Lipinski definition) is 1. The molecule has 0 fully saturated rings. The predicted molar refractivity (Wildman–Crippen MR) is 80.8 cm³/mol. The molecule has 1 heterocycles. The van der Waals surface area contributed by atoms with E-state index in [0.717, 1.165) is 26.8 Å². The summed E-state index contributed by atoms with van der Waals surface area (Å²) < 4.78 is 5.72.